The second-order valence-electron chi connectivity index (χ2n) is 8.06. The molecule has 1 saturated heterocycles. The molecule has 2 aliphatic heterocycles. The quantitative estimate of drug-likeness (QED) is 0.820. The first-order chi connectivity index (χ1) is 13.6. The van der Waals surface area contributed by atoms with E-state index in [0.29, 0.717) is 18.0 Å². The first-order valence-corrected chi connectivity index (χ1v) is 10.5. The Labute approximate surface area is 171 Å². The predicted molar refractivity (Wildman–Crippen MR) is 112 cm³/mol. The highest BCUT2D eigenvalue weighted by molar-refractivity contribution is 6.30. The minimum absolute atomic E-state index is 0.0844. The summed E-state index contributed by atoms with van der Waals surface area (Å²) in [5.74, 6) is 1.52. The molecule has 0 bridgehead atoms. The van der Waals surface area contributed by atoms with Gasteiger partial charge in [0.2, 0.25) is 0 Å². The number of hydrogen-bond donors (Lipinski definition) is 1. The molecular formula is C23H27ClN2O2. The predicted octanol–water partition coefficient (Wildman–Crippen LogP) is 4.19. The van der Waals surface area contributed by atoms with Gasteiger partial charge in [-0.1, -0.05) is 42.8 Å². The Balaban J connectivity index is 1.25. The number of nitrogens with one attached hydrogen (secondary N) is 1. The van der Waals surface area contributed by atoms with Gasteiger partial charge >= 0.3 is 0 Å². The summed E-state index contributed by atoms with van der Waals surface area (Å²) in [5.41, 5.74) is 3.42. The third-order valence-corrected chi connectivity index (χ3v) is 6.00. The second kappa shape index (κ2) is 8.54. The molecule has 1 unspecified atom stereocenters. The zero-order chi connectivity index (χ0) is 19.5. The van der Waals surface area contributed by atoms with Crippen molar-refractivity contribution in [3.63, 3.8) is 0 Å². The van der Waals surface area contributed by atoms with Crippen LogP contribution in [0.1, 0.15) is 36.5 Å². The maximum absolute atomic E-state index is 12.5. The van der Waals surface area contributed by atoms with Crippen LogP contribution in [0.4, 0.5) is 0 Å². The molecule has 4 rings (SSSR count). The Kier molecular flexibility index (Phi) is 5.88. The van der Waals surface area contributed by atoms with Crippen molar-refractivity contribution in [2.75, 3.05) is 13.1 Å². The van der Waals surface area contributed by atoms with Crippen LogP contribution >= 0.6 is 11.6 Å². The summed E-state index contributed by atoms with van der Waals surface area (Å²) in [6.07, 6.45) is 2.68. The SMILES string of the molecule is CC1CCN(Cc2ccc(CNC(=O)C3Cc4cc(Cl)ccc4O3)cc2)CC1. The van der Waals surface area contributed by atoms with Gasteiger partial charge in [0, 0.05) is 24.5 Å². The summed E-state index contributed by atoms with van der Waals surface area (Å²) in [4.78, 5) is 15.0. The maximum atomic E-state index is 12.5. The summed E-state index contributed by atoms with van der Waals surface area (Å²) in [7, 11) is 0. The first kappa shape index (κ1) is 19.3. The number of halogens is 1. The minimum atomic E-state index is -0.478. The minimum Gasteiger partial charge on any atom is -0.480 e. The number of hydrogen-bond acceptors (Lipinski definition) is 3. The average molecular weight is 399 g/mol. The molecule has 0 aromatic heterocycles. The zero-order valence-corrected chi connectivity index (χ0v) is 17.0. The van der Waals surface area contributed by atoms with Gasteiger partial charge in [-0.25, -0.2) is 0 Å². The lowest BCUT2D eigenvalue weighted by Crippen LogP contribution is -2.37. The molecule has 2 aliphatic rings. The highest BCUT2D eigenvalue weighted by Gasteiger charge is 2.29. The van der Waals surface area contributed by atoms with Crippen molar-refractivity contribution in [2.24, 2.45) is 5.92 Å². The molecule has 0 saturated carbocycles. The lowest BCUT2D eigenvalue weighted by Gasteiger charge is -2.30. The number of amides is 1. The largest absolute Gasteiger partial charge is 0.480 e. The van der Waals surface area contributed by atoms with Gasteiger partial charge < -0.3 is 10.1 Å². The highest BCUT2D eigenvalue weighted by Crippen LogP contribution is 2.31. The van der Waals surface area contributed by atoms with E-state index in [1.807, 2.05) is 12.1 Å². The van der Waals surface area contributed by atoms with E-state index in [4.69, 9.17) is 16.3 Å². The molecule has 5 heteroatoms. The number of carbonyl (C=O) groups excluding carboxylic acids is 1. The Morgan fingerprint density at radius 3 is 2.61 bits per heavy atom. The Hall–Kier alpha value is -2.04. The second-order valence-corrected chi connectivity index (χ2v) is 8.49. The number of fused-ring (bicyclic) bond motifs is 1. The Morgan fingerprint density at radius 2 is 1.86 bits per heavy atom. The van der Waals surface area contributed by atoms with Gasteiger partial charge in [-0.3, -0.25) is 9.69 Å². The summed E-state index contributed by atoms with van der Waals surface area (Å²) >= 11 is 6.01. The van der Waals surface area contributed by atoms with Crippen LogP contribution in [0.5, 0.6) is 5.75 Å². The molecule has 0 radical (unpaired) electrons. The van der Waals surface area contributed by atoms with Gasteiger partial charge in [0.15, 0.2) is 6.10 Å². The van der Waals surface area contributed by atoms with Crippen molar-refractivity contribution in [1.82, 2.24) is 10.2 Å². The number of ether oxygens (including phenoxy) is 1. The first-order valence-electron chi connectivity index (χ1n) is 10.1. The molecule has 1 amide bonds. The number of piperidine rings is 1. The van der Waals surface area contributed by atoms with Crippen LogP contribution < -0.4 is 10.1 Å². The van der Waals surface area contributed by atoms with Gasteiger partial charge in [-0.15, -0.1) is 0 Å². The van der Waals surface area contributed by atoms with E-state index in [9.17, 15) is 4.79 Å². The average Bonchev–Trinajstić information content (AvgIpc) is 3.12. The van der Waals surface area contributed by atoms with Gasteiger partial charge in [-0.05, 0) is 66.7 Å². The van der Waals surface area contributed by atoms with E-state index >= 15 is 0 Å². The number of rotatable bonds is 5. The molecule has 1 N–H and O–H groups in total. The van der Waals surface area contributed by atoms with Gasteiger partial charge in [-0.2, -0.15) is 0 Å². The van der Waals surface area contributed by atoms with Gasteiger partial charge in [0.25, 0.3) is 5.91 Å². The monoisotopic (exact) mass is 398 g/mol. The van der Waals surface area contributed by atoms with E-state index in [-0.39, 0.29) is 5.91 Å². The molecule has 2 aromatic carbocycles. The van der Waals surface area contributed by atoms with Crippen LogP contribution in [0, 0.1) is 5.92 Å². The molecule has 0 aliphatic carbocycles. The third kappa shape index (κ3) is 4.68. The fourth-order valence-corrected chi connectivity index (χ4v) is 4.10. The molecule has 1 atom stereocenters. The number of carbonyl (C=O) groups is 1. The standard InChI is InChI=1S/C23H27ClN2O2/c1-16-8-10-26(11-9-16)15-18-4-2-17(3-5-18)14-25-23(27)22-13-19-12-20(24)6-7-21(19)28-22/h2-7,12,16,22H,8-11,13-15H2,1H3,(H,25,27). The van der Waals surface area contributed by atoms with Crippen molar-refractivity contribution in [3.05, 3.63) is 64.2 Å². The normalized spacial score (nSPS) is 19.9. The molecule has 2 heterocycles. The molecule has 148 valence electrons. The third-order valence-electron chi connectivity index (χ3n) is 5.76. The molecule has 2 aromatic rings. The maximum Gasteiger partial charge on any atom is 0.261 e. The van der Waals surface area contributed by atoms with Crippen LogP contribution in [0.25, 0.3) is 0 Å². The summed E-state index contributed by atoms with van der Waals surface area (Å²) in [6, 6.07) is 14.0. The summed E-state index contributed by atoms with van der Waals surface area (Å²) < 4.78 is 5.75. The number of nitrogens with zero attached hydrogens (tertiary/aromatic N) is 1. The number of likely N-dealkylation sites (tertiary alicyclic amines) is 1. The number of benzene rings is 2. The lowest BCUT2D eigenvalue weighted by atomic mass is 9.99. The fraction of sp³-hybridized carbons (Fsp3) is 0.435. The van der Waals surface area contributed by atoms with E-state index < -0.39 is 6.10 Å². The van der Waals surface area contributed by atoms with E-state index in [1.165, 1.54) is 31.5 Å². The van der Waals surface area contributed by atoms with Crippen LogP contribution in [0.3, 0.4) is 0 Å². The van der Waals surface area contributed by atoms with E-state index in [0.717, 1.165) is 29.3 Å². The fourth-order valence-electron chi connectivity index (χ4n) is 3.91. The zero-order valence-electron chi connectivity index (χ0n) is 16.3. The van der Waals surface area contributed by atoms with Crippen LogP contribution in [-0.2, 0) is 24.3 Å². The summed E-state index contributed by atoms with van der Waals surface area (Å²) in [6.45, 7) is 6.24. The van der Waals surface area contributed by atoms with Crippen molar-refractivity contribution >= 4 is 17.5 Å². The Bertz CT molecular complexity index is 829. The van der Waals surface area contributed by atoms with Crippen LogP contribution in [0.2, 0.25) is 5.02 Å². The highest BCUT2D eigenvalue weighted by atomic mass is 35.5. The van der Waals surface area contributed by atoms with Gasteiger partial charge in [0.05, 0.1) is 0 Å². The van der Waals surface area contributed by atoms with Crippen LogP contribution in [0.15, 0.2) is 42.5 Å². The topological polar surface area (TPSA) is 41.6 Å². The van der Waals surface area contributed by atoms with Crippen molar-refractivity contribution in [3.8, 4) is 5.75 Å². The van der Waals surface area contributed by atoms with E-state index in [2.05, 4.69) is 41.4 Å². The van der Waals surface area contributed by atoms with Gasteiger partial charge in [0.1, 0.15) is 5.75 Å². The van der Waals surface area contributed by atoms with Crippen molar-refractivity contribution in [1.29, 1.82) is 0 Å². The van der Waals surface area contributed by atoms with Crippen LogP contribution in [-0.4, -0.2) is 30.0 Å². The molecule has 4 nitrogen and oxygen atoms in total. The summed E-state index contributed by atoms with van der Waals surface area (Å²) in [5, 5.41) is 3.66. The molecular weight excluding hydrogens is 372 g/mol. The molecule has 1 fully saturated rings. The van der Waals surface area contributed by atoms with Crippen molar-refractivity contribution < 1.29 is 9.53 Å². The smallest absolute Gasteiger partial charge is 0.261 e. The van der Waals surface area contributed by atoms with Crippen molar-refractivity contribution in [2.45, 2.75) is 45.4 Å². The Morgan fingerprint density at radius 1 is 1.14 bits per heavy atom. The molecule has 0 spiro atoms. The molecule has 28 heavy (non-hydrogen) atoms. The lowest BCUT2D eigenvalue weighted by molar-refractivity contribution is -0.127. The van der Waals surface area contributed by atoms with E-state index in [1.54, 1.807) is 6.07 Å².